The van der Waals surface area contributed by atoms with Crippen LogP contribution in [0.2, 0.25) is 0 Å². The van der Waals surface area contributed by atoms with Crippen LogP contribution in [0.3, 0.4) is 0 Å². The Morgan fingerprint density at radius 2 is 0.966 bits per heavy atom. The van der Waals surface area contributed by atoms with Crippen LogP contribution in [0.1, 0.15) is 189 Å². The molecule has 0 N–H and O–H groups in total. The molecule has 8 nitrogen and oxygen atoms in total. The molecule has 8 aliphatic rings. The quantitative estimate of drug-likeness (QED) is 0.207. The molecule has 4 aliphatic heterocycles. The van der Waals surface area contributed by atoms with Crippen LogP contribution in [-0.2, 0) is 37.9 Å². The Hall–Kier alpha value is -1.36. The van der Waals surface area contributed by atoms with Crippen molar-refractivity contribution in [1.29, 1.82) is 0 Å². The van der Waals surface area contributed by atoms with Crippen molar-refractivity contribution in [3.63, 3.8) is 0 Å². The van der Waals surface area contributed by atoms with E-state index in [2.05, 4.69) is 46.8 Å². The maximum atomic E-state index is 6.12. The van der Waals surface area contributed by atoms with Gasteiger partial charge in [0.15, 0.2) is 25.2 Å². The van der Waals surface area contributed by atoms with Gasteiger partial charge in [-0.05, 0) is 112 Å². The van der Waals surface area contributed by atoms with Crippen LogP contribution in [0.15, 0.2) is 42.5 Å². The zero-order valence-electron chi connectivity index (χ0n) is 38.2. The third-order valence-corrected chi connectivity index (χ3v) is 14.7. The molecule has 0 bridgehead atoms. The van der Waals surface area contributed by atoms with E-state index < -0.39 is 0 Å². The van der Waals surface area contributed by atoms with Crippen molar-refractivity contribution in [2.75, 3.05) is 0 Å². The molecule has 16 atom stereocenters. The molecule has 336 valence electrons. The second-order valence-corrected chi connectivity index (χ2v) is 19.0. The summed E-state index contributed by atoms with van der Waals surface area (Å²) < 4.78 is 47.3. The van der Waals surface area contributed by atoms with Gasteiger partial charge in [0.05, 0.1) is 48.8 Å². The number of rotatable bonds is 6. The van der Waals surface area contributed by atoms with Gasteiger partial charge in [0.25, 0.3) is 0 Å². The van der Waals surface area contributed by atoms with Gasteiger partial charge in [0, 0.05) is 29.2 Å². The monoisotopic (exact) mass is 825 g/mol. The summed E-state index contributed by atoms with van der Waals surface area (Å²) in [5.41, 5.74) is 1.14. The van der Waals surface area contributed by atoms with Crippen LogP contribution in [0.5, 0.6) is 0 Å². The Morgan fingerprint density at radius 1 is 0.492 bits per heavy atom. The highest BCUT2D eigenvalue weighted by Gasteiger charge is 2.41. The lowest BCUT2D eigenvalue weighted by Crippen LogP contribution is -2.46. The minimum atomic E-state index is -0.162. The van der Waals surface area contributed by atoms with Gasteiger partial charge in [0.2, 0.25) is 0 Å². The number of unbranched alkanes of at least 4 members (excludes halogenated alkanes) is 2. The van der Waals surface area contributed by atoms with Gasteiger partial charge in [-0.2, -0.15) is 0 Å². The van der Waals surface area contributed by atoms with Crippen molar-refractivity contribution in [3.05, 3.63) is 48.0 Å². The first-order valence-electron chi connectivity index (χ1n) is 24.6. The molecular formula is C51H84O8. The molecule has 0 aromatic heterocycles. The molecule has 4 heterocycles. The van der Waals surface area contributed by atoms with Crippen LogP contribution >= 0.6 is 0 Å². The van der Waals surface area contributed by atoms with E-state index in [0.29, 0.717) is 72.5 Å². The summed E-state index contributed by atoms with van der Waals surface area (Å²) in [6.45, 7) is 15.0. The zero-order chi connectivity index (χ0) is 41.6. The first-order valence-corrected chi connectivity index (χ1v) is 24.6. The highest BCUT2D eigenvalue weighted by molar-refractivity contribution is 5.16. The molecule has 4 saturated heterocycles. The smallest absolute Gasteiger partial charge is 0.184 e. The Kier molecular flexibility index (Phi) is 19.6. The van der Waals surface area contributed by atoms with Gasteiger partial charge in [-0.1, -0.05) is 108 Å². The van der Waals surface area contributed by atoms with E-state index in [0.717, 1.165) is 12.0 Å². The van der Waals surface area contributed by atoms with Crippen LogP contribution in [0.25, 0.3) is 0 Å². The number of allylic oxidation sites excluding steroid dienone is 1. The Morgan fingerprint density at radius 3 is 1.53 bits per heavy atom. The molecular weight excluding hydrogens is 741 g/mol. The molecule has 59 heavy (non-hydrogen) atoms. The van der Waals surface area contributed by atoms with E-state index in [4.69, 9.17) is 37.9 Å². The van der Waals surface area contributed by atoms with Gasteiger partial charge >= 0.3 is 0 Å². The van der Waals surface area contributed by atoms with Gasteiger partial charge in [-0.15, -0.1) is 0 Å². The van der Waals surface area contributed by atoms with E-state index in [1.807, 2.05) is 44.2 Å². The summed E-state index contributed by atoms with van der Waals surface area (Å²) in [7, 11) is 0. The lowest BCUT2D eigenvalue weighted by molar-refractivity contribution is -0.276. The minimum Gasteiger partial charge on any atom is -0.350 e. The lowest BCUT2D eigenvalue weighted by Gasteiger charge is -2.43. The second kappa shape index (κ2) is 24.5. The Balaban J connectivity index is 0.000000133. The van der Waals surface area contributed by atoms with Crippen molar-refractivity contribution in [1.82, 2.24) is 0 Å². The lowest BCUT2D eigenvalue weighted by atomic mass is 9.82. The number of fused-ring (bicyclic) bond motifs is 4. The Bertz CT molecular complexity index is 1330. The van der Waals surface area contributed by atoms with Crippen LogP contribution in [0.4, 0.5) is 0 Å². The fraction of sp³-hybridized carbons (Fsp3) is 0.843. The summed E-state index contributed by atoms with van der Waals surface area (Å²) in [4.78, 5) is 0. The largest absolute Gasteiger partial charge is 0.350 e. The summed E-state index contributed by atoms with van der Waals surface area (Å²) in [6, 6.07) is 10.3. The maximum Gasteiger partial charge on any atom is 0.184 e. The van der Waals surface area contributed by atoms with Gasteiger partial charge in [0.1, 0.15) is 0 Å². The topological polar surface area (TPSA) is 73.8 Å². The van der Waals surface area contributed by atoms with E-state index in [1.54, 1.807) is 0 Å². The normalized spacial score (nSPS) is 41.7. The van der Waals surface area contributed by atoms with Gasteiger partial charge in [-0.3, -0.25) is 0 Å². The molecule has 1 aromatic rings. The summed E-state index contributed by atoms with van der Waals surface area (Å²) in [6.07, 6.45) is 32.7. The third-order valence-electron chi connectivity index (χ3n) is 14.7. The van der Waals surface area contributed by atoms with Crippen LogP contribution in [-0.4, -0.2) is 67.7 Å². The predicted octanol–water partition coefficient (Wildman–Crippen LogP) is 12.8. The molecule has 16 unspecified atom stereocenters. The van der Waals surface area contributed by atoms with Gasteiger partial charge in [-0.25, -0.2) is 0 Å². The fourth-order valence-corrected chi connectivity index (χ4v) is 11.3. The minimum absolute atomic E-state index is 0.0133. The molecule has 0 spiro atoms. The zero-order valence-corrected chi connectivity index (χ0v) is 38.2. The van der Waals surface area contributed by atoms with Crippen LogP contribution in [0, 0.1) is 23.7 Å². The first-order chi connectivity index (χ1) is 28.7. The number of hydrogen-bond donors (Lipinski definition) is 0. The summed E-state index contributed by atoms with van der Waals surface area (Å²) in [5, 5.41) is 0. The predicted molar refractivity (Wildman–Crippen MR) is 235 cm³/mol. The highest BCUT2D eigenvalue weighted by atomic mass is 16.7. The van der Waals surface area contributed by atoms with Gasteiger partial charge < -0.3 is 37.9 Å². The maximum absolute atomic E-state index is 6.12. The van der Waals surface area contributed by atoms with Crippen molar-refractivity contribution < 1.29 is 37.9 Å². The molecule has 0 amide bonds. The average Bonchev–Trinajstić information content (AvgIpc) is 3.25. The number of hydrogen-bond acceptors (Lipinski definition) is 8. The molecule has 1 aromatic carbocycles. The van der Waals surface area contributed by atoms with Crippen molar-refractivity contribution in [3.8, 4) is 0 Å². The van der Waals surface area contributed by atoms with E-state index >= 15 is 0 Å². The molecule has 8 heteroatoms. The molecule has 9 rings (SSSR count). The highest BCUT2D eigenvalue weighted by Crippen LogP contribution is 2.41. The number of benzene rings is 1. The molecule has 4 saturated carbocycles. The summed E-state index contributed by atoms with van der Waals surface area (Å²) >= 11 is 0. The SMILES string of the molecule is CC1OC(C)C2CCCCC2O1.CC1OC(c2ccccc2)OC2CCCCC12.CC=CC1OC(C)C2CCCCC2O1.CCCCCC1OC(C)C2CCCCC2O1. The number of ether oxygens (including phenoxy) is 8. The standard InChI is InChI=1S/C15H20O2.C14H26O2.C12H20O2.C10H18O2/c1-11-13-9-5-6-10-14(13)17-15(16-11)12-7-3-2-4-8-12;1-3-4-5-10-14-15-11(2)12-8-6-7-9-13(12)16-14;1-3-6-12-13-9(2)10-7-4-5-8-11(10)14-12;1-7-9-5-3-4-6-10(9)12-8(2)11-7/h2-4,7-8,11,13-15H,5-6,9-10H2,1H3;11-14H,3-10H2,1-2H3;3,6,9-12H,4-5,7-8H2,1-2H3;7-10H,3-6H2,1-2H3. The third kappa shape index (κ3) is 13.8. The summed E-state index contributed by atoms with van der Waals surface area (Å²) in [5.74, 6) is 2.56. The molecule has 4 aliphatic carbocycles. The van der Waals surface area contributed by atoms with Crippen LogP contribution < -0.4 is 0 Å². The van der Waals surface area contributed by atoms with Crippen molar-refractivity contribution in [2.24, 2.45) is 23.7 Å². The molecule has 8 fully saturated rings. The van der Waals surface area contributed by atoms with E-state index in [-0.39, 0.29) is 25.2 Å². The first kappa shape index (κ1) is 47.1. The van der Waals surface area contributed by atoms with E-state index in [1.165, 1.54) is 122 Å². The van der Waals surface area contributed by atoms with E-state index in [9.17, 15) is 0 Å². The Labute approximate surface area is 359 Å². The fourth-order valence-electron chi connectivity index (χ4n) is 11.3. The second-order valence-electron chi connectivity index (χ2n) is 19.0. The van der Waals surface area contributed by atoms with Crippen molar-refractivity contribution in [2.45, 2.75) is 251 Å². The van der Waals surface area contributed by atoms with Crippen molar-refractivity contribution >= 4 is 0 Å². The average molecular weight is 825 g/mol. The molecule has 0 radical (unpaired) electrons.